The first-order valence-corrected chi connectivity index (χ1v) is 7.50. The van der Waals surface area contributed by atoms with Gasteiger partial charge in [-0.2, -0.15) is 0 Å². The van der Waals surface area contributed by atoms with Crippen LogP contribution in [0.2, 0.25) is 0 Å². The summed E-state index contributed by atoms with van der Waals surface area (Å²) >= 11 is 1.71. The van der Waals surface area contributed by atoms with Gasteiger partial charge in [0, 0.05) is 4.88 Å². The number of aliphatic carboxylic acids is 1. The lowest BCUT2D eigenvalue weighted by Crippen LogP contribution is -2.30. The molecule has 7 nitrogen and oxygen atoms in total. The summed E-state index contributed by atoms with van der Waals surface area (Å²) in [7, 11) is 0. The minimum atomic E-state index is -1.03. The molecule has 1 aliphatic carbocycles. The summed E-state index contributed by atoms with van der Waals surface area (Å²) < 4.78 is 1.13. The van der Waals surface area contributed by atoms with E-state index in [1.54, 1.807) is 11.3 Å². The van der Waals surface area contributed by atoms with E-state index in [4.69, 9.17) is 5.11 Å². The van der Waals surface area contributed by atoms with Crippen molar-refractivity contribution in [2.75, 3.05) is 0 Å². The number of rotatable bonds is 4. The predicted molar refractivity (Wildman–Crippen MR) is 75.1 cm³/mol. The molecule has 1 aliphatic rings. The van der Waals surface area contributed by atoms with Gasteiger partial charge in [-0.25, -0.2) is 4.68 Å². The Hall–Kier alpha value is -2.22. The molecule has 0 bridgehead atoms. The molecule has 0 aliphatic heterocycles. The zero-order valence-electron chi connectivity index (χ0n) is 11.2. The number of hydrogen-bond acceptors (Lipinski definition) is 5. The number of carboxylic acid groups (broad SMARTS) is 1. The molecule has 2 aromatic heterocycles. The summed E-state index contributed by atoms with van der Waals surface area (Å²) in [6.07, 6.45) is 4.36. The lowest BCUT2D eigenvalue weighted by molar-refractivity contribution is -0.137. The number of aromatic nitrogens is 3. The second-order valence-electron chi connectivity index (χ2n) is 4.91. The topological polar surface area (TPSA) is 97.1 Å². The Morgan fingerprint density at radius 3 is 3.19 bits per heavy atom. The SMILES string of the molecule is O=C(O)Cn1cc(C(=O)NC2CCCc3sccc32)nn1. The van der Waals surface area contributed by atoms with E-state index in [9.17, 15) is 9.59 Å². The highest BCUT2D eigenvalue weighted by molar-refractivity contribution is 7.10. The highest BCUT2D eigenvalue weighted by Gasteiger charge is 2.24. The molecule has 8 heteroatoms. The van der Waals surface area contributed by atoms with E-state index in [1.165, 1.54) is 16.6 Å². The zero-order valence-corrected chi connectivity index (χ0v) is 12.0. The van der Waals surface area contributed by atoms with E-state index >= 15 is 0 Å². The fraction of sp³-hybridized carbons (Fsp3) is 0.385. The Bertz CT molecular complexity index is 679. The summed E-state index contributed by atoms with van der Waals surface area (Å²) in [5.74, 6) is -1.35. The summed E-state index contributed by atoms with van der Waals surface area (Å²) in [6, 6.07) is 2.04. The van der Waals surface area contributed by atoms with Crippen LogP contribution in [0.1, 0.15) is 39.8 Å². The third-order valence-electron chi connectivity index (χ3n) is 3.43. The molecule has 21 heavy (non-hydrogen) atoms. The van der Waals surface area contributed by atoms with Gasteiger partial charge in [0.2, 0.25) is 0 Å². The molecule has 0 fully saturated rings. The number of carbonyl (C=O) groups excluding carboxylic acids is 1. The van der Waals surface area contributed by atoms with E-state index in [-0.39, 0.29) is 24.2 Å². The lowest BCUT2D eigenvalue weighted by Gasteiger charge is -2.23. The molecule has 2 aromatic rings. The zero-order chi connectivity index (χ0) is 14.8. The van der Waals surface area contributed by atoms with Crippen LogP contribution in [0.25, 0.3) is 0 Å². The maximum Gasteiger partial charge on any atom is 0.325 e. The Labute approximate surface area is 124 Å². The van der Waals surface area contributed by atoms with Crippen molar-refractivity contribution in [2.45, 2.75) is 31.8 Å². The van der Waals surface area contributed by atoms with Crippen LogP contribution in [0.15, 0.2) is 17.6 Å². The van der Waals surface area contributed by atoms with Crippen LogP contribution in [0.5, 0.6) is 0 Å². The van der Waals surface area contributed by atoms with Crippen molar-refractivity contribution in [2.24, 2.45) is 0 Å². The minimum Gasteiger partial charge on any atom is -0.480 e. The number of aryl methyl sites for hydroxylation is 1. The molecule has 1 amide bonds. The molecular formula is C13H14N4O3S. The van der Waals surface area contributed by atoms with Crippen LogP contribution in [-0.4, -0.2) is 32.0 Å². The second kappa shape index (κ2) is 5.65. The molecule has 0 saturated carbocycles. The van der Waals surface area contributed by atoms with Crippen LogP contribution >= 0.6 is 11.3 Å². The van der Waals surface area contributed by atoms with Gasteiger partial charge in [-0.05, 0) is 36.3 Å². The molecule has 2 heterocycles. The number of amides is 1. The first-order valence-electron chi connectivity index (χ1n) is 6.62. The first-order chi connectivity index (χ1) is 10.1. The van der Waals surface area contributed by atoms with Gasteiger partial charge in [0.15, 0.2) is 5.69 Å². The van der Waals surface area contributed by atoms with Crippen LogP contribution in [-0.2, 0) is 17.8 Å². The van der Waals surface area contributed by atoms with E-state index in [0.717, 1.165) is 23.9 Å². The van der Waals surface area contributed by atoms with Crippen LogP contribution < -0.4 is 5.32 Å². The molecule has 3 rings (SSSR count). The largest absolute Gasteiger partial charge is 0.480 e. The number of fused-ring (bicyclic) bond motifs is 1. The fourth-order valence-electron chi connectivity index (χ4n) is 2.49. The maximum atomic E-state index is 12.2. The molecule has 0 spiro atoms. The van der Waals surface area contributed by atoms with Gasteiger partial charge in [-0.15, -0.1) is 16.4 Å². The number of carbonyl (C=O) groups is 2. The van der Waals surface area contributed by atoms with Crippen molar-refractivity contribution in [3.8, 4) is 0 Å². The smallest absolute Gasteiger partial charge is 0.325 e. The molecule has 2 N–H and O–H groups in total. The predicted octanol–water partition coefficient (Wildman–Crippen LogP) is 1.23. The van der Waals surface area contributed by atoms with Crippen LogP contribution in [0.4, 0.5) is 0 Å². The number of carboxylic acids is 1. The number of nitrogens with zero attached hydrogens (tertiary/aromatic N) is 3. The van der Waals surface area contributed by atoms with Gasteiger partial charge in [-0.3, -0.25) is 9.59 Å². The van der Waals surface area contributed by atoms with E-state index in [2.05, 4.69) is 15.6 Å². The molecule has 1 unspecified atom stereocenters. The molecular weight excluding hydrogens is 292 g/mol. The third kappa shape index (κ3) is 2.94. The summed E-state index contributed by atoms with van der Waals surface area (Å²) in [6.45, 7) is -0.307. The fourth-order valence-corrected chi connectivity index (χ4v) is 3.47. The first kappa shape index (κ1) is 13.7. The Kier molecular flexibility index (Phi) is 3.70. The minimum absolute atomic E-state index is 0.00266. The second-order valence-corrected chi connectivity index (χ2v) is 5.91. The Morgan fingerprint density at radius 1 is 1.52 bits per heavy atom. The summed E-state index contributed by atoms with van der Waals surface area (Å²) in [4.78, 5) is 24.1. The van der Waals surface area contributed by atoms with E-state index in [1.807, 2.05) is 11.4 Å². The van der Waals surface area contributed by atoms with Gasteiger partial charge in [0.1, 0.15) is 6.54 Å². The molecule has 110 valence electrons. The van der Waals surface area contributed by atoms with Gasteiger partial charge < -0.3 is 10.4 Å². The van der Waals surface area contributed by atoms with Crippen LogP contribution in [0, 0.1) is 0 Å². The number of hydrogen-bond donors (Lipinski definition) is 2. The van der Waals surface area contributed by atoms with Crippen molar-refractivity contribution in [1.82, 2.24) is 20.3 Å². The van der Waals surface area contributed by atoms with Crippen molar-refractivity contribution < 1.29 is 14.7 Å². The molecule has 0 aromatic carbocycles. The highest BCUT2D eigenvalue weighted by atomic mass is 32.1. The normalized spacial score (nSPS) is 17.2. The van der Waals surface area contributed by atoms with Gasteiger partial charge >= 0.3 is 5.97 Å². The van der Waals surface area contributed by atoms with Gasteiger partial charge in [0.05, 0.1) is 12.2 Å². The number of nitrogens with one attached hydrogen (secondary N) is 1. The monoisotopic (exact) mass is 306 g/mol. The van der Waals surface area contributed by atoms with E-state index in [0.29, 0.717) is 0 Å². The van der Waals surface area contributed by atoms with Gasteiger partial charge in [-0.1, -0.05) is 5.21 Å². The Balaban J connectivity index is 1.70. The lowest BCUT2D eigenvalue weighted by atomic mass is 9.94. The average Bonchev–Trinajstić information content (AvgIpc) is 3.07. The summed E-state index contributed by atoms with van der Waals surface area (Å²) in [5.41, 5.74) is 1.32. The highest BCUT2D eigenvalue weighted by Crippen LogP contribution is 2.33. The molecule has 1 atom stereocenters. The average molecular weight is 306 g/mol. The van der Waals surface area contributed by atoms with Crippen molar-refractivity contribution >= 4 is 23.2 Å². The van der Waals surface area contributed by atoms with E-state index < -0.39 is 5.97 Å². The van der Waals surface area contributed by atoms with Gasteiger partial charge in [0.25, 0.3) is 5.91 Å². The van der Waals surface area contributed by atoms with Crippen molar-refractivity contribution in [3.63, 3.8) is 0 Å². The standard InChI is InChI=1S/C13H14N4O3S/c18-12(19)7-17-6-10(15-16-17)13(20)14-9-2-1-3-11-8(9)4-5-21-11/h4-6,9H,1-3,7H2,(H,14,20)(H,18,19). The molecule has 0 radical (unpaired) electrons. The van der Waals surface area contributed by atoms with Crippen molar-refractivity contribution in [3.05, 3.63) is 33.8 Å². The van der Waals surface area contributed by atoms with Crippen molar-refractivity contribution in [1.29, 1.82) is 0 Å². The third-order valence-corrected chi connectivity index (χ3v) is 4.42. The quantitative estimate of drug-likeness (QED) is 0.885. The number of thiophene rings is 1. The Morgan fingerprint density at radius 2 is 2.38 bits per heavy atom. The molecule has 0 saturated heterocycles. The van der Waals surface area contributed by atoms with Crippen LogP contribution in [0.3, 0.4) is 0 Å². The maximum absolute atomic E-state index is 12.2. The summed E-state index contributed by atoms with van der Waals surface area (Å²) in [5, 5.41) is 21.0.